The van der Waals surface area contributed by atoms with Gasteiger partial charge < -0.3 is 30.1 Å². The fourth-order valence-electron chi connectivity index (χ4n) is 5.92. The second-order valence-electron chi connectivity index (χ2n) is 11.0. The molecule has 5 aromatic rings. The van der Waals surface area contributed by atoms with Crippen molar-refractivity contribution in [2.75, 3.05) is 33.9 Å². The maximum Gasteiger partial charge on any atom is 0.243 e. The van der Waals surface area contributed by atoms with Gasteiger partial charge in [0, 0.05) is 71.4 Å². The van der Waals surface area contributed by atoms with Gasteiger partial charge in [-0.1, -0.05) is 42.5 Å². The standard InChI is InChI=1S/C35H37N5O4/c1-43-26-11-12-31-28(18-26)29(21-37-31)23-13-15-40(16-14-23)22-34(41)39-32(17-25-20-36-30-9-5-4-8-27(25)30)35(42)38-19-24-7-3-6-10-33(24)44-2/h3-13,18,20-21,32,36-37H,14-17,19,22H2,1-2H3,(H,38,42)(H,39,41). The van der Waals surface area contributed by atoms with E-state index in [1.54, 1.807) is 14.2 Å². The van der Waals surface area contributed by atoms with Crippen molar-refractivity contribution in [3.63, 3.8) is 0 Å². The van der Waals surface area contributed by atoms with Crippen LogP contribution in [-0.2, 0) is 22.6 Å². The lowest BCUT2D eigenvalue weighted by Crippen LogP contribution is -2.50. The number of hydrogen-bond donors (Lipinski definition) is 4. The number of carbonyl (C=O) groups excluding carboxylic acids is 2. The Balaban J connectivity index is 1.13. The number of aromatic nitrogens is 2. The molecule has 1 aliphatic heterocycles. The number of carbonyl (C=O) groups is 2. The predicted molar refractivity (Wildman–Crippen MR) is 173 cm³/mol. The van der Waals surface area contributed by atoms with Gasteiger partial charge in [0.1, 0.15) is 17.5 Å². The molecule has 4 N–H and O–H groups in total. The zero-order valence-corrected chi connectivity index (χ0v) is 25.0. The molecule has 6 rings (SSSR count). The molecule has 2 aromatic heterocycles. The summed E-state index contributed by atoms with van der Waals surface area (Å²) in [4.78, 5) is 35.6. The molecule has 0 saturated carbocycles. The number of amides is 2. The Morgan fingerprint density at radius 2 is 1.70 bits per heavy atom. The molecule has 0 bridgehead atoms. The highest BCUT2D eigenvalue weighted by Crippen LogP contribution is 2.31. The summed E-state index contributed by atoms with van der Waals surface area (Å²) < 4.78 is 10.9. The van der Waals surface area contributed by atoms with E-state index in [0.717, 1.165) is 57.2 Å². The molecule has 3 heterocycles. The number of para-hydroxylation sites is 2. The van der Waals surface area contributed by atoms with E-state index < -0.39 is 6.04 Å². The van der Waals surface area contributed by atoms with Crippen LogP contribution in [0.5, 0.6) is 11.5 Å². The maximum absolute atomic E-state index is 13.5. The van der Waals surface area contributed by atoms with E-state index in [4.69, 9.17) is 9.47 Å². The number of aromatic amines is 2. The van der Waals surface area contributed by atoms with E-state index >= 15 is 0 Å². The summed E-state index contributed by atoms with van der Waals surface area (Å²) in [5.74, 6) is 1.09. The molecule has 0 fully saturated rings. The maximum atomic E-state index is 13.5. The zero-order chi connectivity index (χ0) is 30.5. The van der Waals surface area contributed by atoms with Crippen LogP contribution in [0.1, 0.15) is 23.1 Å². The van der Waals surface area contributed by atoms with Crippen LogP contribution in [0.25, 0.3) is 27.4 Å². The van der Waals surface area contributed by atoms with E-state index in [2.05, 4.69) is 37.6 Å². The van der Waals surface area contributed by atoms with Crippen LogP contribution >= 0.6 is 0 Å². The van der Waals surface area contributed by atoms with Gasteiger partial charge in [0.05, 0.1) is 20.8 Å². The quantitative estimate of drug-likeness (QED) is 0.176. The number of rotatable bonds is 11. The van der Waals surface area contributed by atoms with Crippen LogP contribution < -0.4 is 20.1 Å². The third kappa shape index (κ3) is 6.33. The van der Waals surface area contributed by atoms with Gasteiger partial charge in [-0.2, -0.15) is 0 Å². The van der Waals surface area contributed by atoms with Gasteiger partial charge in [0.2, 0.25) is 11.8 Å². The third-order valence-electron chi connectivity index (χ3n) is 8.29. The van der Waals surface area contributed by atoms with Crippen LogP contribution in [0.15, 0.2) is 85.2 Å². The highest BCUT2D eigenvalue weighted by molar-refractivity contribution is 5.94. The number of methoxy groups -OCH3 is 2. The second kappa shape index (κ2) is 13.1. The summed E-state index contributed by atoms with van der Waals surface area (Å²) in [5, 5.41) is 8.20. The molecule has 44 heavy (non-hydrogen) atoms. The summed E-state index contributed by atoms with van der Waals surface area (Å²) >= 11 is 0. The van der Waals surface area contributed by atoms with Gasteiger partial charge >= 0.3 is 0 Å². The Bertz CT molecular complexity index is 1820. The van der Waals surface area contributed by atoms with E-state index in [-0.39, 0.29) is 18.4 Å². The highest BCUT2D eigenvalue weighted by atomic mass is 16.5. The van der Waals surface area contributed by atoms with Gasteiger partial charge in [0.15, 0.2) is 0 Å². The van der Waals surface area contributed by atoms with Crippen LogP contribution in [0.3, 0.4) is 0 Å². The monoisotopic (exact) mass is 591 g/mol. The van der Waals surface area contributed by atoms with Crippen molar-refractivity contribution in [3.05, 3.63) is 102 Å². The predicted octanol–water partition coefficient (Wildman–Crippen LogP) is 4.80. The minimum atomic E-state index is -0.742. The molecule has 9 heteroatoms. The first-order valence-electron chi connectivity index (χ1n) is 14.8. The molecule has 2 amide bonds. The average Bonchev–Trinajstić information content (AvgIpc) is 3.67. The number of nitrogens with one attached hydrogen (secondary N) is 4. The molecular weight excluding hydrogens is 554 g/mol. The summed E-state index contributed by atoms with van der Waals surface area (Å²) in [6, 6.07) is 20.8. The fraction of sp³-hybridized carbons (Fsp3) is 0.257. The van der Waals surface area contributed by atoms with Crippen molar-refractivity contribution in [1.82, 2.24) is 25.5 Å². The molecular formula is C35H37N5O4. The lowest BCUT2D eigenvalue weighted by Gasteiger charge is -2.27. The minimum absolute atomic E-state index is 0.184. The molecule has 0 spiro atoms. The van der Waals surface area contributed by atoms with Crippen LogP contribution in [-0.4, -0.2) is 66.6 Å². The Morgan fingerprint density at radius 1 is 0.909 bits per heavy atom. The summed E-state index contributed by atoms with van der Waals surface area (Å²) in [5.41, 5.74) is 6.30. The minimum Gasteiger partial charge on any atom is -0.497 e. The number of nitrogens with zero attached hydrogens (tertiary/aromatic N) is 1. The van der Waals surface area contributed by atoms with Crippen molar-refractivity contribution in [2.45, 2.75) is 25.4 Å². The SMILES string of the molecule is COc1ccc2[nH]cc(C3=CCN(CC(=O)NC(Cc4c[nH]c5ccccc45)C(=O)NCc4ccccc4OC)CC3)c2c1. The number of benzene rings is 3. The van der Waals surface area contributed by atoms with Crippen molar-refractivity contribution in [2.24, 2.45) is 0 Å². The van der Waals surface area contributed by atoms with E-state index in [1.807, 2.05) is 73.1 Å². The molecule has 1 unspecified atom stereocenters. The van der Waals surface area contributed by atoms with Gasteiger partial charge in [0.25, 0.3) is 0 Å². The first-order valence-corrected chi connectivity index (χ1v) is 14.8. The largest absolute Gasteiger partial charge is 0.497 e. The summed E-state index contributed by atoms with van der Waals surface area (Å²) in [6.45, 7) is 1.88. The Labute approximate surface area is 256 Å². The molecule has 1 atom stereocenters. The normalized spacial score (nSPS) is 14.3. The molecule has 226 valence electrons. The van der Waals surface area contributed by atoms with E-state index in [1.165, 1.54) is 5.57 Å². The van der Waals surface area contributed by atoms with Gasteiger partial charge in [-0.05, 0) is 47.9 Å². The lowest BCUT2D eigenvalue weighted by molar-refractivity contribution is -0.129. The molecule has 0 radical (unpaired) electrons. The van der Waals surface area contributed by atoms with Crippen molar-refractivity contribution in [3.8, 4) is 11.5 Å². The number of hydrogen-bond acceptors (Lipinski definition) is 5. The highest BCUT2D eigenvalue weighted by Gasteiger charge is 2.25. The molecule has 9 nitrogen and oxygen atoms in total. The van der Waals surface area contributed by atoms with E-state index in [0.29, 0.717) is 25.3 Å². The zero-order valence-electron chi connectivity index (χ0n) is 25.0. The first-order chi connectivity index (χ1) is 21.5. The van der Waals surface area contributed by atoms with Gasteiger partial charge in [-0.3, -0.25) is 14.5 Å². The molecule has 0 saturated heterocycles. The Morgan fingerprint density at radius 3 is 2.52 bits per heavy atom. The first kappa shape index (κ1) is 29.1. The third-order valence-corrected chi connectivity index (χ3v) is 8.29. The smallest absolute Gasteiger partial charge is 0.243 e. The average molecular weight is 592 g/mol. The number of ether oxygens (including phenoxy) is 2. The summed E-state index contributed by atoms with van der Waals surface area (Å²) in [6.07, 6.45) is 7.31. The number of fused-ring (bicyclic) bond motifs is 2. The second-order valence-corrected chi connectivity index (χ2v) is 11.0. The van der Waals surface area contributed by atoms with Crippen LogP contribution in [0.2, 0.25) is 0 Å². The molecule has 3 aromatic carbocycles. The van der Waals surface area contributed by atoms with Crippen molar-refractivity contribution >= 4 is 39.2 Å². The molecule has 0 aliphatic carbocycles. The Hall–Kier alpha value is -5.02. The van der Waals surface area contributed by atoms with Gasteiger partial charge in [-0.15, -0.1) is 0 Å². The number of H-pyrrole nitrogens is 2. The van der Waals surface area contributed by atoms with Crippen molar-refractivity contribution in [1.29, 1.82) is 0 Å². The topological polar surface area (TPSA) is 111 Å². The fourth-order valence-corrected chi connectivity index (χ4v) is 5.92. The van der Waals surface area contributed by atoms with E-state index in [9.17, 15) is 9.59 Å². The lowest BCUT2D eigenvalue weighted by atomic mass is 9.98. The van der Waals surface area contributed by atoms with Gasteiger partial charge in [-0.25, -0.2) is 0 Å². The Kier molecular flexibility index (Phi) is 8.65. The van der Waals surface area contributed by atoms with Crippen LogP contribution in [0.4, 0.5) is 0 Å². The van der Waals surface area contributed by atoms with Crippen molar-refractivity contribution < 1.29 is 19.1 Å². The molecule has 1 aliphatic rings. The summed E-state index contributed by atoms with van der Waals surface area (Å²) in [7, 11) is 3.28. The van der Waals surface area contributed by atoms with Crippen LogP contribution in [0, 0.1) is 0 Å².